The van der Waals surface area contributed by atoms with Gasteiger partial charge in [0.15, 0.2) is 0 Å². The fourth-order valence-corrected chi connectivity index (χ4v) is 4.04. The number of amides is 1. The maximum absolute atomic E-state index is 13.3. The SMILES string of the molecule is COc1ccc(CC(=O)N2CCCC[C@@H]2c2nc(N)ncc2-c2ccccc2)cc1. The molecule has 2 N–H and O–H groups in total. The fourth-order valence-electron chi connectivity index (χ4n) is 4.04. The predicted octanol–water partition coefficient (Wildman–Crippen LogP) is 4.03. The lowest BCUT2D eigenvalue weighted by molar-refractivity contribution is -0.134. The van der Waals surface area contributed by atoms with Crippen LogP contribution in [0.5, 0.6) is 5.75 Å². The molecule has 0 unspecified atom stereocenters. The molecule has 2 aromatic carbocycles. The van der Waals surface area contributed by atoms with Crippen molar-refractivity contribution in [3.63, 3.8) is 0 Å². The number of likely N-dealkylation sites (tertiary alicyclic amines) is 1. The minimum Gasteiger partial charge on any atom is -0.497 e. The number of anilines is 1. The number of hydrogen-bond acceptors (Lipinski definition) is 5. The third-order valence-electron chi connectivity index (χ3n) is 5.57. The maximum Gasteiger partial charge on any atom is 0.227 e. The Bertz CT molecular complexity index is 1010. The Kier molecular flexibility index (Phi) is 5.93. The minimum atomic E-state index is -0.106. The van der Waals surface area contributed by atoms with Crippen molar-refractivity contribution in [2.24, 2.45) is 0 Å². The summed E-state index contributed by atoms with van der Waals surface area (Å²) in [6.07, 6.45) is 5.03. The highest BCUT2D eigenvalue weighted by Crippen LogP contribution is 2.36. The van der Waals surface area contributed by atoms with Crippen LogP contribution in [0.2, 0.25) is 0 Å². The van der Waals surface area contributed by atoms with Crippen molar-refractivity contribution in [3.8, 4) is 16.9 Å². The van der Waals surface area contributed by atoms with Crippen molar-refractivity contribution < 1.29 is 9.53 Å². The lowest BCUT2D eigenvalue weighted by Crippen LogP contribution is -2.40. The van der Waals surface area contributed by atoms with Gasteiger partial charge in [-0.2, -0.15) is 0 Å². The monoisotopic (exact) mass is 402 g/mol. The van der Waals surface area contributed by atoms with Crippen molar-refractivity contribution in [2.45, 2.75) is 31.7 Å². The van der Waals surface area contributed by atoms with Crippen LogP contribution in [0.15, 0.2) is 60.8 Å². The first-order valence-corrected chi connectivity index (χ1v) is 10.3. The van der Waals surface area contributed by atoms with Gasteiger partial charge in [0.2, 0.25) is 11.9 Å². The molecular formula is C24H26N4O2. The van der Waals surface area contributed by atoms with Gasteiger partial charge < -0.3 is 15.4 Å². The molecule has 0 saturated carbocycles. The van der Waals surface area contributed by atoms with Crippen LogP contribution in [-0.2, 0) is 11.2 Å². The third kappa shape index (κ3) is 4.27. The van der Waals surface area contributed by atoms with Crippen LogP contribution in [0, 0.1) is 0 Å². The molecule has 1 aliphatic heterocycles. The molecule has 0 bridgehead atoms. The average molecular weight is 402 g/mol. The highest BCUT2D eigenvalue weighted by Gasteiger charge is 2.31. The van der Waals surface area contributed by atoms with Crippen molar-refractivity contribution >= 4 is 11.9 Å². The number of methoxy groups -OCH3 is 1. The second-order valence-electron chi connectivity index (χ2n) is 7.52. The molecule has 154 valence electrons. The maximum atomic E-state index is 13.3. The number of ether oxygens (including phenoxy) is 1. The van der Waals surface area contributed by atoms with Crippen LogP contribution in [-0.4, -0.2) is 34.4 Å². The standard InChI is InChI=1S/C24H26N4O2/c1-30-19-12-10-17(11-13-19)15-22(29)28-14-6-5-9-21(28)23-20(16-26-24(25)27-23)18-7-3-2-4-8-18/h2-4,7-8,10-13,16,21H,5-6,9,14-15H2,1H3,(H2,25,26,27)/t21-/m1/s1. The fraction of sp³-hybridized carbons (Fsp3) is 0.292. The van der Waals surface area contributed by atoms with E-state index in [1.807, 2.05) is 59.5 Å². The highest BCUT2D eigenvalue weighted by molar-refractivity contribution is 5.80. The van der Waals surface area contributed by atoms with Crippen LogP contribution >= 0.6 is 0 Å². The Balaban J connectivity index is 1.64. The van der Waals surface area contributed by atoms with Crippen molar-refractivity contribution in [1.29, 1.82) is 0 Å². The van der Waals surface area contributed by atoms with E-state index >= 15 is 0 Å². The third-order valence-corrected chi connectivity index (χ3v) is 5.57. The molecular weight excluding hydrogens is 376 g/mol. The highest BCUT2D eigenvalue weighted by atomic mass is 16.5. The molecule has 30 heavy (non-hydrogen) atoms. The number of benzene rings is 2. The average Bonchev–Trinajstić information content (AvgIpc) is 2.80. The molecule has 2 heterocycles. The molecule has 1 atom stereocenters. The quantitative estimate of drug-likeness (QED) is 0.697. The number of nitrogens with zero attached hydrogens (tertiary/aromatic N) is 3. The van der Waals surface area contributed by atoms with Gasteiger partial charge in [0.1, 0.15) is 5.75 Å². The summed E-state index contributed by atoms with van der Waals surface area (Å²) in [6.45, 7) is 0.720. The van der Waals surface area contributed by atoms with Crippen LogP contribution < -0.4 is 10.5 Å². The van der Waals surface area contributed by atoms with E-state index in [0.29, 0.717) is 6.42 Å². The molecule has 1 aliphatic rings. The van der Waals surface area contributed by atoms with E-state index in [2.05, 4.69) is 9.97 Å². The van der Waals surface area contributed by atoms with Gasteiger partial charge in [-0.3, -0.25) is 4.79 Å². The first-order chi connectivity index (χ1) is 14.7. The molecule has 0 spiro atoms. The second-order valence-corrected chi connectivity index (χ2v) is 7.52. The number of aromatic nitrogens is 2. The van der Waals surface area contributed by atoms with Crippen molar-refractivity contribution in [2.75, 3.05) is 19.4 Å². The molecule has 1 aromatic heterocycles. The van der Waals surface area contributed by atoms with E-state index in [-0.39, 0.29) is 17.9 Å². The summed E-state index contributed by atoms with van der Waals surface area (Å²) in [5, 5.41) is 0. The number of hydrogen-bond donors (Lipinski definition) is 1. The minimum absolute atomic E-state index is 0.0982. The topological polar surface area (TPSA) is 81.3 Å². The molecule has 0 radical (unpaired) electrons. The Labute approximate surface area is 176 Å². The zero-order chi connectivity index (χ0) is 20.9. The molecule has 6 heteroatoms. The van der Waals surface area contributed by atoms with Crippen molar-refractivity contribution in [1.82, 2.24) is 14.9 Å². The Morgan fingerprint density at radius 1 is 1.13 bits per heavy atom. The number of rotatable bonds is 5. The largest absolute Gasteiger partial charge is 0.497 e. The van der Waals surface area contributed by atoms with Gasteiger partial charge in [0.25, 0.3) is 0 Å². The van der Waals surface area contributed by atoms with Gasteiger partial charge in [0.05, 0.1) is 25.3 Å². The summed E-state index contributed by atoms with van der Waals surface area (Å²) in [6, 6.07) is 17.6. The van der Waals surface area contributed by atoms with Crippen molar-refractivity contribution in [3.05, 3.63) is 72.1 Å². The first kappa shape index (κ1) is 19.9. The summed E-state index contributed by atoms with van der Waals surface area (Å²) in [5.74, 6) is 1.12. The summed E-state index contributed by atoms with van der Waals surface area (Å²) in [7, 11) is 1.64. The van der Waals surface area contributed by atoms with Gasteiger partial charge in [-0.05, 0) is 42.5 Å². The molecule has 1 fully saturated rings. The van der Waals surface area contributed by atoms with E-state index in [1.165, 1.54) is 0 Å². The van der Waals surface area contributed by atoms with E-state index in [0.717, 1.165) is 53.9 Å². The Hall–Kier alpha value is -3.41. The number of carbonyl (C=O) groups is 1. The normalized spacial score (nSPS) is 16.3. The Morgan fingerprint density at radius 3 is 2.63 bits per heavy atom. The summed E-state index contributed by atoms with van der Waals surface area (Å²) in [5.41, 5.74) is 9.70. The number of carbonyl (C=O) groups excluding carboxylic acids is 1. The van der Waals surface area contributed by atoms with Crippen LogP contribution in [0.3, 0.4) is 0 Å². The predicted molar refractivity (Wildman–Crippen MR) is 117 cm³/mol. The second kappa shape index (κ2) is 8.95. The molecule has 1 amide bonds. The summed E-state index contributed by atoms with van der Waals surface area (Å²) < 4.78 is 5.21. The van der Waals surface area contributed by atoms with Gasteiger partial charge in [-0.25, -0.2) is 9.97 Å². The number of nitrogens with two attached hydrogens (primary N) is 1. The van der Waals surface area contributed by atoms with Gasteiger partial charge in [-0.15, -0.1) is 0 Å². The first-order valence-electron chi connectivity index (χ1n) is 10.3. The summed E-state index contributed by atoms with van der Waals surface area (Å²) >= 11 is 0. The smallest absolute Gasteiger partial charge is 0.227 e. The lowest BCUT2D eigenvalue weighted by atomic mass is 9.93. The number of nitrogen functional groups attached to an aromatic ring is 1. The molecule has 3 aromatic rings. The zero-order valence-corrected chi connectivity index (χ0v) is 17.1. The van der Waals surface area contributed by atoms with E-state index in [1.54, 1.807) is 13.3 Å². The lowest BCUT2D eigenvalue weighted by Gasteiger charge is -2.36. The van der Waals surface area contributed by atoms with E-state index < -0.39 is 0 Å². The van der Waals surface area contributed by atoms with Gasteiger partial charge in [-0.1, -0.05) is 42.5 Å². The van der Waals surface area contributed by atoms with Gasteiger partial charge >= 0.3 is 0 Å². The zero-order valence-electron chi connectivity index (χ0n) is 17.1. The molecule has 0 aliphatic carbocycles. The number of piperidine rings is 1. The summed E-state index contributed by atoms with van der Waals surface area (Å²) in [4.78, 5) is 24.0. The molecule has 1 saturated heterocycles. The molecule has 4 rings (SSSR count). The van der Waals surface area contributed by atoms with E-state index in [4.69, 9.17) is 10.5 Å². The molecule has 6 nitrogen and oxygen atoms in total. The van der Waals surface area contributed by atoms with Crippen LogP contribution in [0.25, 0.3) is 11.1 Å². The van der Waals surface area contributed by atoms with Gasteiger partial charge in [0, 0.05) is 18.3 Å². The van der Waals surface area contributed by atoms with E-state index in [9.17, 15) is 4.79 Å². The van der Waals surface area contributed by atoms with Crippen LogP contribution in [0.1, 0.15) is 36.6 Å². The Morgan fingerprint density at radius 2 is 1.90 bits per heavy atom. The van der Waals surface area contributed by atoms with Crippen LogP contribution in [0.4, 0.5) is 5.95 Å².